The average Bonchev–Trinajstić information content (AvgIpc) is 2.18. The third-order valence-corrected chi connectivity index (χ3v) is 2.02. The summed E-state index contributed by atoms with van der Waals surface area (Å²) < 4.78 is 5.31. The molecular formula is C11H16N2O2. The van der Waals surface area contributed by atoms with Gasteiger partial charge in [0.1, 0.15) is 5.75 Å². The van der Waals surface area contributed by atoms with E-state index in [1.165, 1.54) is 0 Å². The van der Waals surface area contributed by atoms with Gasteiger partial charge in [0.2, 0.25) is 5.91 Å². The van der Waals surface area contributed by atoms with E-state index in [2.05, 4.69) is 0 Å². The van der Waals surface area contributed by atoms with Gasteiger partial charge >= 0.3 is 0 Å². The second-order valence-corrected chi connectivity index (χ2v) is 3.42. The van der Waals surface area contributed by atoms with Crippen molar-refractivity contribution in [1.29, 1.82) is 0 Å². The molecule has 4 N–H and O–H groups in total. The summed E-state index contributed by atoms with van der Waals surface area (Å²) in [4.78, 5) is 10.5. The molecule has 4 heteroatoms. The SMILES string of the molecule is C[C@H](N)c1ccc(OCCC(N)=O)cc1. The fraction of sp³-hybridized carbons (Fsp3) is 0.364. The Bertz CT molecular complexity index is 320. The number of carbonyl (C=O) groups is 1. The number of hydrogen-bond acceptors (Lipinski definition) is 3. The van der Waals surface area contributed by atoms with E-state index in [1.54, 1.807) is 0 Å². The Morgan fingerprint density at radius 2 is 2.00 bits per heavy atom. The van der Waals surface area contributed by atoms with Gasteiger partial charge in [-0.15, -0.1) is 0 Å². The number of hydrogen-bond donors (Lipinski definition) is 2. The van der Waals surface area contributed by atoms with Crippen molar-refractivity contribution in [2.75, 3.05) is 6.61 Å². The second-order valence-electron chi connectivity index (χ2n) is 3.42. The Labute approximate surface area is 89.2 Å². The first kappa shape index (κ1) is 11.5. The van der Waals surface area contributed by atoms with E-state index >= 15 is 0 Å². The summed E-state index contributed by atoms with van der Waals surface area (Å²) in [6.45, 7) is 2.23. The maximum absolute atomic E-state index is 10.5. The van der Waals surface area contributed by atoms with E-state index in [-0.39, 0.29) is 18.4 Å². The van der Waals surface area contributed by atoms with Crippen LogP contribution in [-0.2, 0) is 4.79 Å². The number of primary amides is 1. The van der Waals surface area contributed by atoms with E-state index in [0.29, 0.717) is 6.61 Å². The molecule has 1 rings (SSSR count). The molecule has 0 saturated heterocycles. The van der Waals surface area contributed by atoms with Gasteiger partial charge in [-0.2, -0.15) is 0 Å². The quantitative estimate of drug-likeness (QED) is 0.756. The van der Waals surface area contributed by atoms with Gasteiger partial charge in [0, 0.05) is 6.04 Å². The zero-order chi connectivity index (χ0) is 11.3. The van der Waals surface area contributed by atoms with E-state index < -0.39 is 0 Å². The van der Waals surface area contributed by atoms with Crippen molar-refractivity contribution in [2.45, 2.75) is 19.4 Å². The Hall–Kier alpha value is -1.55. The molecule has 0 unspecified atom stereocenters. The van der Waals surface area contributed by atoms with Gasteiger partial charge in [-0.05, 0) is 24.6 Å². The monoisotopic (exact) mass is 208 g/mol. The van der Waals surface area contributed by atoms with Crippen molar-refractivity contribution >= 4 is 5.91 Å². The van der Waals surface area contributed by atoms with Gasteiger partial charge in [-0.3, -0.25) is 4.79 Å². The van der Waals surface area contributed by atoms with Crippen LogP contribution in [0.2, 0.25) is 0 Å². The normalized spacial score (nSPS) is 12.1. The topological polar surface area (TPSA) is 78.3 Å². The third-order valence-electron chi connectivity index (χ3n) is 2.02. The molecule has 1 aromatic rings. The van der Waals surface area contributed by atoms with Crippen molar-refractivity contribution in [3.05, 3.63) is 29.8 Å². The maximum atomic E-state index is 10.5. The molecule has 0 aliphatic carbocycles. The van der Waals surface area contributed by atoms with Gasteiger partial charge in [0.15, 0.2) is 0 Å². The van der Waals surface area contributed by atoms with Gasteiger partial charge in [-0.1, -0.05) is 12.1 Å². The average molecular weight is 208 g/mol. The first-order valence-electron chi connectivity index (χ1n) is 4.86. The lowest BCUT2D eigenvalue weighted by Gasteiger charge is -2.08. The van der Waals surface area contributed by atoms with Crippen molar-refractivity contribution < 1.29 is 9.53 Å². The molecule has 82 valence electrons. The van der Waals surface area contributed by atoms with Crippen LogP contribution in [0, 0.1) is 0 Å². The fourth-order valence-electron chi connectivity index (χ4n) is 1.14. The summed E-state index contributed by atoms with van der Waals surface area (Å²) in [6, 6.07) is 7.50. The van der Waals surface area contributed by atoms with E-state index in [0.717, 1.165) is 11.3 Å². The second kappa shape index (κ2) is 5.36. The molecule has 1 aromatic carbocycles. The fourth-order valence-corrected chi connectivity index (χ4v) is 1.14. The van der Waals surface area contributed by atoms with Crippen molar-refractivity contribution in [1.82, 2.24) is 0 Å². The van der Waals surface area contributed by atoms with Crippen molar-refractivity contribution in [3.8, 4) is 5.75 Å². The smallest absolute Gasteiger partial charge is 0.220 e. The minimum Gasteiger partial charge on any atom is -0.493 e. The molecule has 0 aromatic heterocycles. The zero-order valence-electron chi connectivity index (χ0n) is 8.77. The molecule has 4 nitrogen and oxygen atoms in total. The molecule has 15 heavy (non-hydrogen) atoms. The van der Waals surface area contributed by atoms with Gasteiger partial charge in [0.25, 0.3) is 0 Å². The summed E-state index contributed by atoms with van der Waals surface area (Å²) in [5.41, 5.74) is 11.7. The van der Waals surface area contributed by atoms with Crippen LogP contribution < -0.4 is 16.2 Å². The molecule has 0 aliphatic rings. The Kier molecular flexibility index (Phi) is 4.12. The van der Waals surface area contributed by atoms with Crippen LogP contribution in [0.3, 0.4) is 0 Å². The van der Waals surface area contributed by atoms with Crippen LogP contribution in [0.15, 0.2) is 24.3 Å². The van der Waals surface area contributed by atoms with Crippen LogP contribution in [0.5, 0.6) is 5.75 Å². The molecule has 0 bridgehead atoms. The number of carbonyl (C=O) groups excluding carboxylic acids is 1. The highest BCUT2D eigenvalue weighted by atomic mass is 16.5. The maximum Gasteiger partial charge on any atom is 0.220 e. The van der Waals surface area contributed by atoms with Crippen LogP contribution in [0.25, 0.3) is 0 Å². The predicted octanol–water partition coefficient (Wildman–Crippen LogP) is 0.960. The minimum absolute atomic E-state index is 0.0182. The number of amides is 1. The van der Waals surface area contributed by atoms with Crippen LogP contribution in [-0.4, -0.2) is 12.5 Å². The van der Waals surface area contributed by atoms with E-state index in [4.69, 9.17) is 16.2 Å². The number of nitrogens with two attached hydrogens (primary N) is 2. The predicted molar refractivity (Wildman–Crippen MR) is 58.4 cm³/mol. The van der Waals surface area contributed by atoms with Crippen LogP contribution in [0.1, 0.15) is 24.9 Å². The molecule has 0 aliphatic heterocycles. The molecule has 0 heterocycles. The number of rotatable bonds is 5. The van der Waals surface area contributed by atoms with E-state index in [9.17, 15) is 4.79 Å². The molecule has 1 amide bonds. The summed E-state index contributed by atoms with van der Waals surface area (Å²) in [6.07, 6.45) is 0.231. The summed E-state index contributed by atoms with van der Waals surface area (Å²) in [5.74, 6) is 0.364. The summed E-state index contributed by atoms with van der Waals surface area (Å²) in [7, 11) is 0. The summed E-state index contributed by atoms with van der Waals surface area (Å²) >= 11 is 0. The molecule has 0 fully saturated rings. The lowest BCUT2D eigenvalue weighted by molar-refractivity contribution is -0.118. The number of ether oxygens (including phenoxy) is 1. The van der Waals surface area contributed by atoms with Gasteiger partial charge < -0.3 is 16.2 Å². The zero-order valence-corrected chi connectivity index (χ0v) is 8.77. The van der Waals surface area contributed by atoms with Gasteiger partial charge in [-0.25, -0.2) is 0 Å². The highest BCUT2D eigenvalue weighted by molar-refractivity contribution is 5.73. The largest absolute Gasteiger partial charge is 0.493 e. The van der Waals surface area contributed by atoms with Gasteiger partial charge in [0.05, 0.1) is 13.0 Å². The van der Waals surface area contributed by atoms with Crippen LogP contribution in [0.4, 0.5) is 0 Å². The first-order chi connectivity index (χ1) is 7.09. The third kappa shape index (κ3) is 3.99. The Morgan fingerprint density at radius 1 is 1.40 bits per heavy atom. The molecule has 1 atom stereocenters. The standard InChI is InChI=1S/C11H16N2O2/c1-8(12)9-2-4-10(5-3-9)15-7-6-11(13)14/h2-5,8H,6-7,12H2,1H3,(H2,13,14)/t8-/m0/s1. The Balaban J connectivity index is 2.46. The highest BCUT2D eigenvalue weighted by Gasteiger charge is 2.00. The Morgan fingerprint density at radius 3 is 2.47 bits per heavy atom. The molecule has 0 saturated carbocycles. The van der Waals surface area contributed by atoms with E-state index in [1.807, 2.05) is 31.2 Å². The molecule has 0 spiro atoms. The molecular weight excluding hydrogens is 192 g/mol. The first-order valence-corrected chi connectivity index (χ1v) is 4.86. The van der Waals surface area contributed by atoms with Crippen LogP contribution >= 0.6 is 0 Å². The lowest BCUT2D eigenvalue weighted by atomic mass is 10.1. The lowest BCUT2D eigenvalue weighted by Crippen LogP contribution is -2.14. The number of benzene rings is 1. The summed E-state index contributed by atoms with van der Waals surface area (Å²) in [5, 5.41) is 0. The van der Waals surface area contributed by atoms with Crippen molar-refractivity contribution in [2.24, 2.45) is 11.5 Å². The minimum atomic E-state index is -0.359. The molecule has 0 radical (unpaired) electrons. The van der Waals surface area contributed by atoms with Crippen molar-refractivity contribution in [3.63, 3.8) is 0 Å². The highest BCUT2D eigenvalue weighted by Crippen LogP contribution is 2.15.